The molecule has 2 aliphatic rings. The largest absolute Gasteiger partial charge is 0.493 e. The summed E-state index contributed by atoms with van der Waals surface area (Å²) in [6.07, 6.45) is 3.80. The molecule has 2 aliphatic heterocycles. The number of benzene rings is 1. The maximum absolute atomic E-state index is 11.6. The standard InChI is InChI=1S/C24H34N6O4S/c1-5-33-18-7-6-8-19-17(18)9-10-24(34-19)11-13-29(14-12-24)25-16-35-15-20-26-28-30(27-20)21(22(31)32)23(2,3)4/h6-8,16,21H,5,9-15H2,1-4H3,(H,31,32). The van der Waals surface area contributed by atoms with Crippen LogP contribution >= 0.6 is 11.8 Å². The molecule has 190 valence electrons. The summed E-state index contributed by atoms with van der Waals surface area (Å²) in [6, 6.07) is 5.19. The number of piperidine rings is 1. The molecule has 10 nitrogen and oxygen atoms in total. The molecule has 0 aliphatic carbocycles. The SMILES string of the molecule is CCOc1cccc2c1CCC1(CCN(N=CSCc3nnn(C(C(=O)O)C(C)(C)C)n3)CC1)O2. The van der Waals surface area contributed by atoms with E-state index in [1.807, 2.05) is 45.9 Å². The summed E-state index contributed by atoms with van der Waals surface area (Å²) in [4.78, 5) is 12.8. The summed E-state index contributed by atoms with van der Waals surface area (Å²) in [6.45, 7) is 9.84. The Labute approximate surface area is 210 Å². The minimum Gasteiger partial charge on any atom is -0.493 e. The summed E-state index contributed by atoms with van der Waals surface area (Å²) in [5.74, 6) is 1.87. The summed E-state index contributed by atoms with van der Waals surface area (Å²) >= 11 is 1.46. The third-order valence-corrected chi connectivity index (χ3v) is 7.12. The van der Waals surface area contributed by atoms with Gasteiger partial charge in [0.15, 0.2) is 11.9 Å². The van der Waals surface area contributed by atoms with Crippen molar-refractivity contribution in [3.63, 3.8) is 0 Å². The van der Waals surface area contributed by atoms with E-state index in [0.29, 0.717) is 18.2 Å². The number of hydrogen-bond acceptors (Lipinski definition) is 9. The average Bonchev–Trinajstić information content (AvgIpc) is 3.25. The van der Waals surface area contributed by atoms with Crippen LogP contribution in [-0.2, 0) is 17.0 Å². The number of hydrazone groups is 1. The molecule has 0 saturated carbocycles. The second-order valence-corrected chi connectivity index (χ2v) is 10.9. The van der Waals surface area contributed by atoms with Gasteiger partial charge in [-0.25, -0.2) is 4.79 Å². The number of nitrogens with zero attached hydrogens (tertiary/aromatic N) is 6. The Kier molecular flexibility index (Phi) is 7.53. The summed E-state index contributed by atoms with van der Waals surface area (Å²) < 4.78 is 12.3. The van der Waals surface area contributed by atoms with E-state index in [0.717, 1.165) is 50.3 Å². The van der Waals surface area contributed by atoms with Gasteiger partial charge >= 0.3 is 5.97 Å². The zero-order valence-electron chi connectivity index (χ0n) is 20.8. The summed E-state index contributed by atoms with van der Waals surface area (Å²) in [7, 11) is 0. The molecule has 1 aromatic carbocycles. The van der Waals surface area contributed by atoms with Crippen molar-refractivity contribution in [1.29, 1.82) is 0 Å². The Morgan fingerprint density at radius 1 is 1.34 bits per heavy atom. The summed E-state index contributed by atoms with van der Waals surface area (Å²) in [5.41, 5.74) is 2.31. The van der Waals surface area contributed by atoms with Crippen LogP contribution in [0.1, 0.15) is 64.4 Å². The molecule has 3 heterocycles. The number of aliphatic carboxylic acids is 1. The van der Waals surface area contributed by atoms with E-state index in [2.05, 4.69) is 25.5 Å². The third-order valence-electron chi connectivity index (χ3n) is 6.45. The zero-order chi connectivity index (χ0) is 25.1. The maximum atomic E-state index is 11.6. The predicted octanol–water partition coefficient (Wildman–Crippen LogP) is 3.78. The number of carboxylic acid groups (broad SMARTS) is 1. The van der Waals surface area contributed by atoms with Crippen molar-refractivity contribution in [3.8, 4) is 11.5 Å². The van der Waals surface area contributed by atoms with Crippen molar-refractivity contribution < 1.29 is 19.4 Å². The van der Waals surface area contributed by atoms with E-state index in [1.54, 1.807) is 5.55 Å². The smallest absolute Gasteiger partial charge is 0.331 e. The molecular weight excluding hydrogens is 468 g/mol. The van der Waals surface area contributed by atoms with Gasteiger partial charge in [0.05, 0.1) is 17.9 Å². The lowest BCUT2D eigenvalue weighted by molar-refractivity contribution is -0.145. The van der Waals surface area contributed by atoms with Crippen LogP contribution in [0, 0.1) is 5.41 Å². The molecule has 11 heteroatoms. The lowest BCUT2D eigenvalue weighted by atomic mass is 9.83. The molecule has 1 aromatic heterocycles. The first-order valence-corrected chi connectivity index (χ1v) is 13.1. The van der Waals surface area contributed by atoms with Gasteiger partial charge in [0.1, 0.15) is 17.1 Å². The minimum atomic E-state index is -0.973. The number of ether oxygens (including phenoxy) is 2. The van der Waals surface area contributed by atoms with E-state index in [9.17, 15) is 9.90 Å². The fraction of sp³-hybridized carbons (Fsp3) is 0.625. The topological polar surface area (TPSA) is 115 Å². The zero-order valence-corrected chi connectivity index (χ0v) is 21.6. The molecule has 0 amide bonds. The van der Waals surface area contributed by atoms with Crippen LogP contribution < -0.4 is 9.47 Å². The highest BCUT2D eigenvalue weighted by Crippen LogP contribution is 2.42. The van der Waals surface area contributed by atoms with Crippen molar-refractivity contribution in [2.24, 2.45) is 10.5 Å². The van der Waals surface area contributed by atoms with Gasteiger partial charge in [0.2, 0.25) is 0 Å². The molecule has 0 radical (unpaired) electrons. The van der Waals surface area contributed by atoms with Crippen molar-refractivity contribution in [2.75, 3.05) is 19.7 Å². The molecule has 1 fully saturated rings. The molecule has 1 atom stereocenters. The van der Waals surface area contributed by atoms with E-state index < -0.39 is 17.4 Å². The van der Waals surface area contributed by atoms with Crippen LogP contribution in [0.2, 0.25) is 0 Å². The predicted molar refractivity (Wildman–Crippen MR) is 134 cm³/mol. The second-order valence-electron chi connectivity index (χ2n) is 10.1. The van der Waals surface area contributed by atoms with Gasteiger partial charge in [-0.1, -0.05) is 26.8 Å². The number of aromatic nitrogens is 4. The van der Waals surface area contributed by atoms with E-state index in [-0.39, 0.29) is 5.60 Å². The first kappa shape index (κ1) is 25.3. The fourth-order valence-electron chi connectivity index (χ4n) is 4.64. The van der Waals surface area contributed by atoms with Crippen LogP contribution in [0.4, 0.5) is 0 Å². The molecule has 35 heavy (non-hydrogen) atoms. The van der Waals surface area contributed by atoms with Gasteiger partial charge < -0.3 is 14.6 Å². The van der Waals surface area contributed by atoms with E-state index in [1.165, 1.54) is 22.1 Å². The Hall–Kier alpha value is -2.82. The van der Waals surface area contributed by atoms with Gasteiger partial charge in [0.25, 0.3) is 0 Å². The van der Waals surface area contributed by atoms with Gasteiger partial charge in [-0.3, -0.25) is 5.01 Å². The maximum Gasteiger partial charge on any atom is 0.331 e. The highest BCUT2D eigenvalue weighted by molar-refractivity contribution is 8.11. The average molecular weight is 503 g/mol. The van der Waals surface area contributed by atoms with Gasteiger partial charge in [-0.05, 0) is 42.5 Å². The number of thioether (sulfide) groups is 1. The quantitative estimate of drug-likeness (QED) is 0.425. The Morgan fingerprint density at radius 2 is 2.11 bits per heavy atom. The first-order chi connectivity index (χ1) is 16.7. The molecule has 1 spiro atoms. The van der Waals surface area contributed by atoms with Crippen molar-refractivity contribution in [1.82, 2.24) is 25.2 Å². The van der Waals surface area contributed by atoms with Gasteiger partial charge in [0, 0.05) is 31.5 Å². The number of carbonyl (C=O) groups is 1. The van der Waals surface area contributed by atoms with Crippen LogP contribution in [0.25, 0.3) is 0 Å². The lowest BCUT2D eigenvalue weighted by Crippen LogP contribution is -2.48. The molecule has 4 rings (SSSR count). The molecular formula is C24H34N6O4S. The molecule has 1 unspecified atom stereocenters. The first-order valence-electron chi connectivity index (χ1n) is 12.0. The number of tetrazole rings is 1. The van der Waals surface area contributed by atoms with Crippen molar-refractivity contribution in [3.05, 3.63) is 29.6 Å². The number of carboxylic acids is 1. The Morgan fingerprint density at radius 3 is 2.80 bits per heavy atom. The fourth-order valence-corrected chi connectivity index (χ4v) is 5.17. The molecule has 1 saturated heterocycles. The monoisotopic (exact) mass is 502 g/mol. The summed E-state index contributed by atoms with van der Waals surface area (Å²) in [5, 5.41) is 28.4. The van der Waals surface area contributed by atoms with Gasteiger partial charge in [-0.15, -0.1) is 26.8 Å². The third kappa shape index (κ3) is 5.88. The molecule has 1 N–H and O–H groups in total. The van der Waals surface area contributed by atoms with Crippen LogP contribution in [0.15, 0.2) is 23.3 Å². The normalized spacial score (nSPS) is 18.3. The molecule has 0 bridgehead atoms. The van der Waals surface area contributed by atoms with Crippen molar-refractivity contribution in [2.45, 2.75) is 70.8 Å². The molecule has 2 aromatic rings. The highest BCUT2D eigenvalue weighted by atomic mass is 32.2. The number of fused-ring (bicyclic) bond motifs is 1. The van der Waals surface area contributed by atoms with E-state index in [4.69, 9.17) is 9.47 Å². The Bertz CT molecular complexity index is 1060. The Balaban J connectivity index is 1.26. The second kappa shape index (κ2) is 10.4. The minimum absolute atomic E-state index is 0.132. The van der Waals surface area contributed by atoms with Gasteiger partial charge in [-0.2, -0.15) is 5.10 Å². The van der Waals surface area contributed by atoms with Crippen LogP contribution in [0.3, 0.4) is 0 Å². The van der Waals surface area contributed by atoms with Crippen LogP contribution in [-0.4, -0.2) is 67.1 Å². The van der Waals surface area contributed by atoms with Crippen LogP contribution in [0.5, 0.6) is 11.5 Å². The highest BCUT2D eigenvalue weighted by Gasteiger charge is 2.40. The number of rotatable bonds is 8. The lowest BCUT2D eigenvalue weighted by Gasteiger charge is -2.44. The number of hydrogen-bond donors (Lipinski definition) is 1. The van der Waals surface area contributed by atoms with E-state index >= 15 is 0 Å². The van der Waals surface area contributed by atoms with Crippen molar-refractivity contribution >= 4 is 23.3 Å².